The molecule has 0 unspecified atom stereocenters. The second-order valence-corrected chi connectivity index (χ2v) is 16.2. The summed E-state index contributed by atoms with van der Waals surface area (Å²) in [4.78, 5) is 4.78. The first-order valence-electron chi connectivity index (χ1n) is 21.6. The molecular weight excluding hydrogens is 763 g/mol. The van der Waals surface area contributed by atoms with Gasteiger partial charge < -0.3 is 14.4 Å². The van der Waals surface area contributed by atoms with E-state index in [0.717, 1.165) is 39.8 Å². The Bertz CT molecular complexity index is 3550. The molecule has 0 aliphatic carbocycles. The van der Waals surface area contributed by atoms with E-state index < -0.39 is 0 Å². The van der Waals surface area contributed by atoms with Crippen molar-refractivity contribution in [2.45, 2.75) is 0 Å². The van der Waals surface area contributed by atoms with E-state index in [2.05, 4.69) is 263 Å². The highest BCUT2D eigenvalue weighted by Crippen LogP contribution is 2.45. The van der Waals surface area contributed by atoms with Crippen LogP contribution in [0.25, 0.3) is 70.9 Å². The number of fused-ring (bicyclic) bond motifs is 6. The molecule has 11 aromatic carbocycles. The van der Waals surface area contributed by atoms with E-state index in [1.54, 1.807) is 0 Å². The number of hydrogen-bond donors (Lipinski definition) is 0. The molecule has 0 amide bonds. The van der Waals surface area contributed by atoms with Crippen LogP contribution in [0.4, 0.5) is 34.1 Å². The lowest BCUT2D eigenvalue weighted by molar-refractivity contribution is 1.18. The third-order valence-electron chi connectivity index (χ3n) is 12.5. The molecule has 0 N–H and O–H groups in total. The largest absolute Gasteiger partial charge is 0.310 e. The maximum Gasteiger partial charge on any atom is 0.0561 e. The van der Waals surface area contributed by atoms with Gasteiger partial charge in [-0.2, -0.15) is 0 Å². The summed E-state index contributed by atoms with van der Waals surface area (Å²) >= 11 is 0. The second-order valence-electron chi connectivity index (χ2n) is 16.2. The summed E-state index contributed by atoms with van der Waals surface area (Å²) in [5.74, 6) is 0. The normalized spacial score (nSPS) is 11.5. The Morgan fingerprint density at radius 3 is 1.44 bits per heavy atom. The lowest BCUT2D eigenvalue weighted by Crippen LogP contribution is -2.11. The number of nitrogens with zero attached hydrogens (tertiary/aromatic N) is 3. The number of rotatable bonds is 8. The van der Waals surface area contributed by atoms with Gasteiger partial charge in [0.2, 0.25) is 0 Å². The maximum atomic E-state index is 2.41. The SMILES string of the molecule is c1ccc(N(c2ccc3c4ccccc4n(-c4ccccc4)c3c2)c2ccc(-c3ccc(N(c4ccc5ccccc5c4)c4ccc5ccccc5c4)cc3)c3ccccc23)cc1. The van der Waals surface area contributed by atoms with Crippen molar-refractivity contribution in [3.63, 3.8) is 0 Å². The standard InChI is InChI=1S/C60H41N3/c1-3-19-47(20-4-1)62(52-35-36-57-56-25-13-14-26-58(56)63(60(57)41-52)48-21-5-2-6-22-48)59-38-37-53(54-23-11-12-24-55(54)59)44-29-31-49(32-30-44)61(50-33-27-42-15-7-9-17-45(42)39-50)51-34-28-43-16-8-10-18-46(43)40-51/h1-41H. The summed E-state index contributed by atoms with van der Waals surface area (Å²) in [5.41, 5.74) is 12.5. The van der Waals surface area contributed by atoms with Gasteiger partial charge >= 0.3 is 0 Å². The van der Waals surface area contributed by atoms with Crippen LogP contribution in [0.1, 0.15) is 0 Å². The Kier molecular flexibility index (Phi) is 8.83. The van der Waals surface area contributed by atoms with Crippen LogP contribution in [0.15, 0.2) is 249 Å². The van der Waals surface area contributed by atoms with Crippen LogP contribution in [0.2, 0.25) is 0 Å². The van der Waals surface area contributed by atoms with Crippen LogP contribution in [0.5, 0.6) is 0 Å². The van der Waals surface area contributed by atoms with Crippen LogP contribution in [-0.4, -0.2) is 4.57 Å². The molecular formula is C60H41N3. The van der Waals surface area contributed by atoms with Gasteiger partial charge in [0.05, 0.1) is 16.7 Å². The number of aromatic nitrogens is 1. The van der Waals surface area contributed by atoms with E-state index in [1.165, 1.54) is 65.3 Å². The quantitative estimate of drug-likeness (QED) is 0.152. The average molecular weight is 804 g/mol. The van der Waals surface area contributed by atoms with E-state index in [1.807, 2.05) is 0 Å². The smallest absolute Gasteiger partial charge is 0.0561 e. The van der Waals surface area contributed by atoms with Crippen LogP contribution < -0.4 is 9.80 Å². The summed E-state index contributed by atoms with van der Waals surface area (Å²) in [6.07, 6.45) is 0. The fraction of sp³-hybridized carbons (Fsp3) is 0. The summed E-state index contributed by atoms with van der Waals surface area (Å²) in [7, 11) is 0. The highest BCUT2D eigenvalue weighted by Gasteiger charge is 2.21. The fourth-order valence-corrected chi connectivity index (χ4v) is 9.56. The molecule has 296 valence electrons. The number of hydrogen-bond acceptors (Lipinski definition) is 2. The van der Waals surface area contributed by atoms with Gasteiger partial charge in [-0.15, -0.1) is 0 Å². The minimum atomic E-state index is 1.10. The zero-order valence-electron chi connectivity index (χ0n) is 34.5. The molecule has 0 spiro atoms. The second kappa shape index (κ2) is 15.3. The van der Waals surface area contributed by atoms with Crippen molar-refractivity contribution < 1.29 is 0 Å². The van der Waals surface area contributed by atoms with E-state index in [4.69, 9.17) is 0 Å². The summed E-state index contributed by atoms with van der Waals surface area (Å²) in [5, 5.41) is 9.74. The lowest BCUT2D eigenvalue weighted by atomic mass is 9.96. The third kappa shape index (κ3) is 6.38. The first-order valence-corrected chi connectivity index (χ1v) is 21.6. The molecule has 3 nitrogen and oxygen atoms in total. The highest BCUT2D eigenvalue weighted by molar-refractivity contribution is 6.11. The summed E-state index contributed by atoms with van der Waals surface area (Å²) < 4.78 is 2.39. The van der Waals surface area contributed by atoms with Crippen LogP contribution in [0, 0.1) is 0 Å². The van der Waals surface area contributed by atoms with Crippen molar-refractivity contribution in [3.05, 3.63) is 249 Å². The van der Waals surface area contributed by atoms with E-state index in [0.29, 0.717) is 0 Å². The Hall–Kier alpha value is -8.40. The van der Waals surface area contributed by atoms with Gasteiger partial charge in [-0.05, 0) is 123 Å². The number of para-hydroxylation sites is 3. The van der Waals surface area contributed by atoms with Crippen molar-refractivity contribution >= 4 is 88.2 Å². The summed E-state index contributed by atoms with van der Waals surface area (Å²) in [6.45, 7) is 0. The maximum absolute atomic E-state index is 2.41. The summed E-state index contributed by atoms with van der Waals surface area (Å²) in [6, 6.07) is 90.2. The number of anilines is 6. The number of benzene rings is 11. The third-order valence-corrected chi connectivity index (χ3v) is 12.5. The molecule has 12 rings (SSSR count). The van der Waals surface area contributed by atoms with Crippen molar-refractivity contribution in [3.8, 4) is 16.8 Å². The van der Waals surface area contributed by atoms with Crippen molar-refractivity contribution in [1.29, 1.82) is 0 Å². The molecule has 1 heterocycles. The lowest BCUT2D eigenvalue weighted by Gasteiger charge is -2.28. The van der Waals surface area contributed by atoms with Gasteiger partial charge in [0.25, 0.3) is 0 Å². The molecule has 0 bridgehead atoms. The fourth-order valence-electron chi connectivity index (χ4n) is 9.56. The predicted octanol–water partition coefficient (Wildman–Crippen LogP) is 16.8. The van der Waals surface area contributed by atoms with Gasteiger partial charge in [0, 0.05) is 50.3 Å². The van der Waals surface area contributed by atoms with Crippen molar-refractivity contribution in [1.82, 2.24) is 4.57 Å². The first kappa shape index (κ1) is 36.5. The van der Waals surface area contributed by atoms with Gasteiger partial charge in [0.1, 0.15) is 0 Å². The monoisotopic (exact) mass is 803 g/mol. The van der Waals surface area contributed by atoms with Gasteiger partial charge in [-0.1, -0.05) is 164 Å². The van der Waals surface area contributed by atoms with E-state index in [-0.39, 0.29) is 0 Å². The molecule has 0 radical (unpaired) electrons. The van der Waals surface area contributed by atoms with Gasteiger partial charge in [-0.25, -0.2) is 0 Å². The Morgan fingerprint density at radius 1 is 0.270 bits per heavy atom. The minimum absolute atomic E-state index is 1.10. The molecule has 0 atom stereocenters. The molecule has 3 heteroatoms. The van der Waals surface area contributed by atoms with E-state index in [9.17, 15) is 0 Å². The zero-order valence-corrected chi connectivity index (χ0v) is 34.5. The van der Waals surface area contributed by atoms with Gasteiger partial charge in [0.15, 0.2) is 0 Å². The van der Waals surface area contributed by atoms with Crippen molar-refractivity contribution in [2.75, 3.05) is 9.80 Å². The molecule has 0 aliphatic rings. The Labute approximate surface area is 366 Å². The molecule has 12 aromatic rings. The topological polar surface area (TPSA) is 11.4 Å². The highest BCUT2D eigenvalue weighted by atomic mass is 15.2. The van der Waals surface area contributed by atoms with Crippen LogP contribution >= 0.6 is 0 Å². The molecule has 0 saturated heterocycles. The Balaban J connectivity index is 0.983. The zero-order chi connectivity index (χ0) is 41.7. The van der Waals surface area contributed by atoms with Crippen molar-refractivity contribution in [2.24, 2.45) is 0 Å². The first-order chi connectivity index (χ1) is 31.2. The molecule has 0 saturated carbocycles. The molecule has 0 aliphatic heterocycles. The average Bonchev–Trinajstić information content (AvgIpc) is 3.69. The van der Waals surface area contributed by atoms with Gasteiger partial charge in [-0.3, -0.25) is 0 Å². The molecule has 1 aromatic heterocycles. The van der Waals surface area contributed by atoms with Crippen LogP contribution in [-0.2, 0) is 0 Å². The van der Waals surface area contributed by atoms with E-state index >= 15 is 0 Å². The Morgan fingerprint density at radius 2 is 0.762 bits per heavy atom. The molecule has 63 heavy (non-hydrogen) atoms. The van der Waals surface area contributed by atoms with Crippen LogP contribution in [0.3, 0.4) is 0 Å². The predicted molar refractivity (Wildman–Crippen MR) is 268 cm³/mol. The molecule has 0 fully saturated rings. The minimum Gasteiger partial charge on any atom is -0.310 e.